The number of rotatable bonds is 8. The van der Waals surface area contributed by atoms with E-state index in [1.54, 1.807) is 14.2 Å². The molecule has 1 N–H and O–H groups in total. The van der Waals surface area contributed by atoms with E-state index in [9.17, 15) is 4.79 Å². The fraction of sp³-hybridized carbons (Fsp3) is 0.333. The van der Waals surface area contributed by atoms with E-state index in [4.69, 9.17) is 14.5 Å². The highest BCUT2D eigenvalue weighted by Crippen LogP contribution is 2.21. The summed E-state index contributed by atoms with van der Waals surface area (Å²) in [4.78, 5) is 17.2. The number of benzene rings is 2. The third kappa shape index (κ3) is 4.46. The van der Waals surface area contributed by atoms with Crippen molar-refractivity contribution < 1.29 is 14.3 Å². The molecule has 2 aromatic carbocycles. The molecule has 0 bridgehead atoms. The van der Waals surface area contributed by atoms with E-state index in [2.05, 4.69) is 9.88 Å². The summed E-state index contributed by atoms with van der Waals surface area (Å²) in [6, 6.07) is 15.3. The predicted octanol–water partition coefficient (Wildman–Crippen LogP) is 3.11. The van der Waals surface area contributed by atoms with Gasteiger partial charge in [0.25, 0.3) is 0 Å². The number of ether oxygens (including phenoxy) is 2. The summed E-state index contributed by atoms with van der Waals surface area (Å²) in [5, 5.41) is 3.06. The number of fused-ring (bicyclic) bond motifs is 1. The standard InChI is InChI=1S/C21H25N3O3/c1-15(22-20(25)14-16-8-10-17(27-3)11-9-16)21-23-18-6-4-5-7-19(18)24(21)12-13-26-2/h4-11,15H,12-14H2,1-3H3,(H,22,25). The average Bonchev–Trinajstić information content (AvgIpc) is 3.05. The van der Waals surface area contributed by atoms with E-state index in [1.165, 1.54) is 0 Å². The van der Waals surface area contributed by atoms with Crippen LogP contribution in [-0.2, 0) is 22.5 Å². The fourth-order valence-electron chi connectivity index (χ4n) is 3.13. The van der Waals surface area contributed by atoms with Crippen molar-refractivity contribution in [2.24, 2.45) is 0 Å². The lowest BCUT2D eigenvalue weighted by Gasteiger charge is -2.16. The number of carbonyl (C=O) groups excluding carboxylic acids is 1. The SMILES string of the molecule is COCCn1c(C(C)NC(=O)Cc2ccc(OC)cc2)nc2ccccc21. The molecule has 1 aromatic heterocycles. The highest BCUT2D eigenvalue weighted by atomic mass is 16.5. The largest absolute Gasteiger partial charge is 0.497 e. The van der Waals surface area contributed by atoms with Gasteiger partial charge in [0.2, 0.25) is 5.91 Å². The maximum Gasteiger partial charge on any atom is 0.224 e. The minimum atomic E-state index is -0.208. The van der Waals surface area contributed by atoms with Crippen molar-refractivity contribution in [3.05, 3.63) is 59.9 Å². The number of amides is 1. The van der Waals surface area contributed by atoms with Gasteiger partial charge in [-0.15, -0.1) is 0 Å². The van der Waals surface area contributed by atoms with E-state index < -0.39 is 0 Å². The lowest BCUT2D eigenvalue weighted by Crippen LogP contribution is -2.30. The fourth-order valence-corrected chi connectivity index (χ4v) is 3.13. The molecule has 1 amide bonds. The molecule has 0 saturated carbocycles. The van der Waals surface area contributed by atoms with Gasteiger partial charge in [0, 0.05) is 13.7 Å². The van der Waals surface area contributed by atoms with Crippen LogP contribution in [-0.4, -0.2) is 36.3 Å². The second-order valence-corrected chi connectivity index (χ2v) is 6.42. The second kappa shape index (κ2) is 8.68. The summed E-state index contributed by atoms with van der Waals surface area (Å²) < 4.78 is 12.5. The summed E-state index contributed by atoms with van der Waals surface area (Å²) in [6.07, 6.45) is 0.312. The van der Waals surface area contributed by atoms with Crippen LogP contribution in [0.25, 0.3) is 11.0 Å². The molecule has 1 unspecified atom stereocenters. The van der Waals surface area contributed by atoms with Gasteiger partial charge in [0.1, 0.15) is 11.6 Å². The van der Waals surface area contributed by atoms with Crippen molar-refractivity contribution in [2.45, 2.75) is 25.9 Å². The van der Waals surface area contributed by atoms with Gasteiger partial charge in [-0.05, 0) is 36.8 Å². The normalized spacial score (nSPS) is 12.1. The van der Waals surface area contributed by atoms with Crippen LogP contribution in [0, 0.1) is 0 Å². The van der Waals surface area contributed by atoms with E-state index in [1.807, 2.05) is 55.5 Å². The molecule has 0 radical (unpaired) electrons. The van der Waals surface area contributed by atoms with Crippen molar-refractivity contribution >= 4 is 16.9 Å². The van der Waals surface area contributed by atoms with Crippen molar-refractivity contribution in [1.29, 1.82) is 0 Å². The zero-order valence-corrected chi connectivity index (χ0v) is 15.9. The number of hydrogen-bond donors (Lipinski definition) is 1. The number of aromatic nitrogens is 2. The van der Waals surface area contributed by atoms with Crippen LogP contribution in [0.15, 0.2) is 48.5 Å². The van der Waals surface area contributed by atoms with Crippen LogP contribution in [0.3, 0.4) is 0 Å². The van der Waals surface area contributed by atoms with Crippen molar-refractivity contribution in [3.8, 4) is 5.75 Å². The summed E-state index contributed by atoms with van der Waals surface area (Å²) in [6.45, 7) is 3.22. The second-order valence-electron chi connectivity index (χ2n) is 6.42. The van der Waals surface area contributed by atoms with Gasteiger partial charge < -0.3 is 19.4 Å². The zero-order chi connectivity index (χ0) is 19.2. The number of nitrogens with zero attached hydrogens (tertiary/aromatic N) is 2. The third-order valence-corrected chi connectivity index (χ3v) is 4.49. The van der Waals surface area contributed by atoms with Crippen LogP contribution >= 0.6 is 0 Å². The Morgan fingerprint density at radius 3 is 2.59 bits per heavy atom. The molecule has 1 atom stereocenters. The summed E-state index contributed by atoms with van der Waals surface area (Å²) >= 11 is 0. The first-order chi connectivity index (χ1) is 13.1. The molecule has 6 heteroatoms. The van der Waals surface area contributed by atoms with E-state index in [0.717, 1.165) is 28.2 Å². The lowest BCUT2D eigenvalue weighted by atomic mass is 10.1. The van der Waals surface area contributed by atoms with E-state index in [-0.39, 0.29) is 11.9 Å². The molecule has 0 fully saturated rings. The van der Waals surface area contributed by atoms with Gasteiger partial charge >= 0.3 is 0 Å². The number of imidazole rings is 1. The smallest absolute Gasteiger partial charge is 0.224 e. The van der Waals surface area contributed by atoms with Crippen LogP contribution in [0.5, 0.6) is 5.75 Å². The highest BCUT2D eigenvalue weighted by Gasteiger charge is 2.18. The molecule has 6 nitrogen and oxygen atoms in total. The molecule has 0 aliphatic heterocycles. The minimum Gasteiger partial charge on any atom is -0.497 e. The minimum absolute atomic E-state index is 0.0435. The average molecular weight is 367 g/mol. The van der Waals surface area contributed by atoms with Gasteiger partial charge in [-0.3, -0.25) is 4.79 Å². The van der Waals surface area contributed by atoms with Crippen molar-refractivity contribution in [1.82, 2.24) is 14.9 Å². The Bertz CT molecular complexity index is 903. The maximum atomic E-state index is 12.5. The molecule has 142 valence electrons. The van der Waals surface area contributed by atoms with Crippen LogP contribution < -0.4 is 10.1 Å². The molecule has 0 spiro atoms. The van der Waals surface area contributed by atoms with Crippen molar-refractivity contribution in [3.63, 3.8) is 0 Å². The molecule has 1 heterocycles. The highest BCUT2D eigenvalue weighted by molar-refractivity contribution is 5.79. The predicted molar refractivity (Wildman–Crippen MR) is 105 cm³/mol. The Balaban J connectivity index is 1.74. The van der Waals surface area contributed by atoms with Crippen LogP contribution in [0.4, 0.5) is 0 Å². The summed E-state index contributed by atoms with van der Waals surface area (Å²) in [5.41, 5.74) is 2.90. The molecule has 0 aliphatic carbocycles. The molecule has 27 heavy (non-hydrogen) atoms. The third-order valence-electron chi connectivity index (χ3n) is 4.49. The molecule has 0 aliphatic rings. The molecule has 3 rings (SSSR count). The van der Waals surface area contributed by atoms with E-state index >= 15 is 0 Å². The first-order valence-corrected chi connectivity index (χ1v) is 8.98. The zero-order valence-electron chi connectivity index (χ0n) is 15.9. The first kappa shape index (κ1) is 18.9. The van der Waals surface area contributed by atoms with Gasteiger partial charge in [0.05, 0.1) is 37.2 Å². The van der Waals surface area contributed by atoms with Gasteiger partial charge in [-0.2, -0.15) is 0 Å². The number of hydrogen-bond acceptors (Lipinski definition) is 4. The summed E-state index contributed by atoms with van der Waals surface area (Å²) in [5.74, 6) is 1.56. The van der Waals surface area contributed by atoms with Gasteiger partial charge in [0.15, 0.2) is 0 Å². The number of nitrogens with one attached hydrogen (secondary N) is 1. The van der Waals surface area contributed by atoms with Crippen molar-refractivity contribution in [2.75, 3.05) is 20.8 Å². The summed E-state index contributed by atoms with van der Waals surface area (Å²) in [7, 11) is 3.30. The molecular weight excluding hydrogens is 342 g/mol. The Labute approximate surface area is 159 Å². The molecule has 3 aromatic rings. The monoisotopic (exact) mass is 367 g/mol. The number of para-hydroxylation sites is 2. The Morgan fingerprint density at radius 1 is 1.15 bits per heavy atom. The Kier molecular flexibility index (Phi) is 6.08. The number of carbonyl (C=O) groups is 1. The van der Waals surface area contributed by atoms with Gasteiger partial charge in [-0.25, -0.2) is 4.98 Å². The van der Waals surface area contributed by atoms with E-state index in [0.29, 0.717) is 19.6 Å². The quantitative estimate of drug-likeness (QED) is 0.664. The molecule has 0 saturated heterocycles. The molecular formula is C21H25N3O3. The van der Waals surface area contributed by atoms with Crippen LogP contribution in [0.2, 0.25) is 0 Å². The number of methoxy groups -OCH3 is 2. The van der Waals surface area contributed by atoms with Gasteiger partial charge in [-0.1, -0.05) is 24.3 Å². The maximum absolute atomic E-state index is 12.5. The topological polar surface area (TPSA) is 65.4 Å². The Hall–Kier alpha value is -2.86. The van der Waals surface area contributed by atoms with Crippen LogP contribution in [0.1, 0.15) is 24.4 Å². The first-order valence-electron chi connectivity index (χ1n) is 8.98. The lowest BCUT2D eigenvalue weighted by molar-refractivity contribution is -0.121. The Morgan fingerprint density at radius 2 is 1.89 bits per heavy atom.